The normalized spacial score (nSPS) is 17.7. The Kier molecular flexibility index (Phi) is 5.71. The number of aromatic amines is 1. The van der Waals surface area contributed by atoms with E-state index in [1.54, 1.807) is 6.07 Å². The molecule has 3 N–H and O–H groups in total. The van der Waals surface area contributed by atoms with E-state index in [1.807, 2.05) is 30.9 Å². The maximum atomic E-state index is 12.3. The van der Waals surface area contributed by atoms with E-state index in [2.05, 4.69) is 16.3 Å². The second kappa shape index (κ2) is 8.60. The van der Waals surface area contributed by atoms with Crippen molar-refractivity contribution < 1.29 is 19.0 Å². The van der Waals surface area contributed by atoms with Crippen molar-refractivity contribution in [2.24, 2.45) is 5.73 Å². The summed E-state index contributed by atoms with van der Waals surface area (Å²) in [6, 6.07) is 7.58. The van der Waals surface area contributed by atoms with E-state index in [-0.39, 0.29) is 18.4 Å². The van der Waals surface area contributed by atoms with Crippen molar-refractivity contribution in [1.29, 1.82) is 5.26 Å². The Hall–Kier alpha value is -3.67. The van der Waals surface area contributed by atoms with Crippen LogP contribution in [0.3, 0.4) is 0 Å². The summed E-state index contributed by atoms with van der Waals surface area (Å²) in [5, 5.41) is 16.8. The van der Waals surface area contributed by atoms with Gasteiger partial charge in [0, 0.05) is 24.3 Å². The molecule has 1 unspecified atom stereocenters. The topological polar surface area (TPSA) is 126 Å². The molecule has 0 bridgehead atoms. The second-order valence-electron chi connectivity index (χ2n) is 7.51. The van der Waals surface area contributed by atoms with E-state index in [1.165, 1.54) is 0 Å². The monoisotopic (exact) mass is 423 g/mol. The van der Waals surface area contributed by atoms with Gasteiger partial charge >= 0.3 is 0 Å². The van der Waals surface area contributed by atoms with Gasteiger partial charge in [-0.2, -0.15) is 5.26 Å². The number of amides is 1. The minimum absolute atomic E-state index is 0.0287. The number of benzene rings is 1. The van der Waals surface area contributed by atoms with Crippen LogP contribution in [-0.4, -0.2) is 47.3 Å². The Labute approximate surface area is 180 Å². The van der Waals surface area contributed by atoms with E-state index in [0.29, 0.717) is 29.6 Å². The summed E-state index contributed by atoms with van der Waals surface area (Å²) in [5.74, 6) is 0.875. The number of nitrogens with two attached hydrogens (primary N) is 1. The van der Waals surface area contributed by atoms with Crippen molar-refractivity contribution >= 4 is 5.91 Å². The van der Waals surface area contributed by atoms with Crippen molar-refractivity contribution in [3.63, 3.8) is 0 Å². The SMILES string of the molecule is CCOc1cc(C2C(C#N)=C(N)Oc3n[nH]c(C)c32)ccc1OCC(=O)N1CCCC1. The predicted octanol–water partition coefficient (Wildman–Crippen LogP) is 2.34. The minimum Gasteiger partial charge on any atom is -0.490 e. The molecule has 162 valence electrons. The number of hydrogen-bond acceptors (Lipinski definition) is 7. The number of rotatable bonds is 6. The highest BCUT2D eigenvalue weighted by Crippen LogP contribution is 2.44. The van der Waals surface area contributed by atoms with Crippen LogP contribution >= 0.6 is 0 Å². The average molecular weight is 423 g/mol. The van der Waals surface area contributed by atoms with Gasteiger partial charge in [-0.25, -0.2) is 0 Å². The van der Waals surface area contributed by atoms with Crippen molar-refractivity contribution in [2.75, 3.05) is 26.3 Å². The van der Waals surface area contributed by atoms with Crippen molar-refractivity contribution in [1.82, 2.24) is 15.1 Å². The molecule has 0 aliphatic carbocycles. The molecule has 0 radical (unpaired) electrons. The Bertz CT molecular complexity index is 1060. The van der Waals surface area contributed by atoms with E-state index in [4.69, 9.17) is 19.9 Å². The summed E-state index contributed by atoms with van der Waals surface area (Å²) < 4.78 is 17.1. The largest absolute Gasteiger partial charge is 0.490 e. The molecule has 1 atom stereocenters. The van der Waals surface area contributed by atoms with Gasteiger partial charge in [0.25, 0.3) is 5.91 Å². The molecule has 2 aliphatic rings. The zero-order valence-corrected chi connectivity index (χ0v) is 17.6. The van der Waals surface area contributed by atoms with Crippen LogP contribution < -0.4 is 19.9 Å². The third kappa shape index (κ3) is 3.89. The first kappa shape index (κ1) is 20.6. The average Bonchev–Trinajstić information content (AvgIpc) is 3.42. The van der Waals surface area contributed by atoms with Crippen molar-refractivity contribution in [3.05, 3.63) is 46.5 Å². The van der Waals surface area contributed by atoms with E-state index in [0.717, 1.165) is 42.8 Å². The van der Waals surface area contributed by atoms with Gasteiger partial charge in [0.1, 0.15) is 11.6 Å². The Morgan fingerprint density at radius 2 is 2.13 bits per heavy atom. The number of nitrogens with one attached hydrogen (secondary N) is 1. The number of ether oxygens (including phenoxy) is 3. The van der Waals surface area contributed by atoms with Crippen LogP contribution in [0.2, 0.25) is 0 Å². The number of carbonyl (C=O) groups is 1. The molecule has 2 aromatic rings. The molecule has 3 heterocycles. The second-order valence-corrected chi connectivity index (χ2v) is 7.51. The van der Waals surface area contributed by atoms with Crippen LogP contribution in [0.1, 0.15) is 42.5 Å². The van der Waals surface area contributed by atoms with E-state index >= 15 is 0 Å². The van der Waals surface area contributed by atoms with Gasteiger partial charge in [0.05, 0.1) is 12.5 Å². The van der Waals surface area contributed by atoms with Crippen LogP contribution in [-0.2, 0) is 4.79 Å². The lowest BCUT2D eigenvalue weighted by atomic mass is 9.84. The quantitative estimate of drug-likeness (QED) is 0.730. The lowest BCUT2D eigenvalue weighted by Gasteiger charge is -2.24. The number of fused-ring (bicyclic) bond motifs is 1. The summed E-state index contributed by atoms with van der Waals surface area (Å²) >= 11 is 0. The molecule has 1 fully saturated rings. The number of carbonyl (C=O) groups excluding carboxylic acids is 1. The highest BCUT2D eigenvalue weighted by molar-refractivity contribution is 5.78. The van der Waals surface area contributed by atoms with Crippen LogP contribution in [0, 0.1) is 18.3 Å². The zero-order chi connectivity index (χ0) is 22.0. The Morgan fingerprint density at radius 1 is 1.35 bits per heavy atom. The van der Waals surface area contributed by atoms with Gasteiger partial charge in [0.2, 0.25) is 11.8 Å². The standard InChI is InChI=1S/C22H25N5O4/c1-3-29-17-10-14(6-7-16(17)30-12-18(28)27-8-4-5-9-27)20-15(11-23)21(24)31-22-19(20)13(2)25-26-22/h6-7,10,20H,3-5,8-9,12,24H2,1-2H3,(H,25,26). The summed E-state index contributed by atoms with van der Waals surface area (Å²) in [6.07, 6.45) is 2.06. The fourth-order valence-corrected chi connectivity index (χ4v) is 4.02. The third-order valence-electron chi connectivity index (χ3n) is 5.54. The van der Waals surface area contributed by atoms with E-state index < -0.39 is 5.92 Å². The van der Waals surface area contributed by atoms with Crippen LogP contribution in [0.15, 0.2) is 29.7 Å². The summed E-state index contributed by atoms with van der Waals surface area (Å²) in [5.41, 5.74) is 8.62. The number of likely N-dealkylation sites (tertiary alicyclic amines) is 1. The molecule has 9 nitrogen and oxygen atoms in total. The first-order valence-corrected chi connectivity index (χ1v) is 10.3. The van der Waals surface area contributed by atoms with Gasteiger partial charge in [-0.15, -0.1) is 5.10 Å². The summed E-state index contributed by atoms with van der Waals surface area (Å²) in [7, 11) is 0. The van der Waals surface area contributed by atoms with Crippen LogP contribution in [0.25, 0.3) is 0 Å². The van der Waals surface area contributed by atoms with Crippen molar-refractivity contribution in [2.45, 2.75) is 32.6 Å². The minimum atomic E-state index is -0.452. The molecule has 0 spiro atoms. The number of allylic oxidation sites excluding steroid dienone is 1. The number of aryl methyl sites for hydroxylation is 1. The number of nitriles is 1. The molecular weight excluding hydrogens is 398 g/mol. The lowest BCUT2D eigenvalue weighted by Crippen LogP contribution is -2.32. The molecule has 1 amide bonds. The number of aromatic nitrogens is 2. The van der Waals surface area contributed by atoms with Crippen LogP contribution in [0.4, 0.5) is 0 Å². The molecule has 1 aromatic carbocycles. The van der Waals surface area contributed by atoms with Gasteiger partial charge in [-0.3, -0.25) is 9.89 Å². The fraction of sp³-hybridized carbons (Fsp3) is 0.409. The number of nitrogens with zero attached hydrogens (tertiary/aromatic N) is 3. The smallest absolute Gasteiger partial charge is 0.260 e. The zero-order valence-electron chi connectivity index (χ0n) is 17.6. The van der Waals surface area contributed by atoms with Crippen LogP contribution in [0.5, 0.6) is 17.4 Å². The first-order chi connectivity index (χ1) is 15.0. The van der Waals surface area contributed by atoms with E-state index in [9.17, 15) is 10.1 Å². The van der Waals surface area contributed by atoms with Gasteiger partial charge in [-0.05, 0) is 44.4 Å². The molecule has 1 aromatic heterocycles. The van der Waals surface area contributed by atoms with Gasteiger partial charge < -0.3 is 24.8 Å². The summed E-state index contributed by atoms with van der Waals surface area (Å²) in [6.45, 7) is 5.67. The predicted molar refractivity (Wildman–Crippen MR) is 112 cm³/mol. The third-order valence-corrected chi connectivity index (χ3v) is 5.54. The van der Waals surface area contributed by atoms with Gasteiger partial charge in [0.15, 0.2) is 18.1 Å². The number of H-pyrrole nitrogens is 1. The lowest BCUT2D eigenvalue weighted by molar-refractivity contribution is -0.132. The summed E-state index contributed by atoms with van der Waals surface area (Å²) in [4.78, 5) is 14.2. The molecule has 9 heteroatoms. The maximum absolute atomic E-state index is 12.3. The maximum Gasteiger partial charge on any atom is 0.260 e. The molecule has 31 heavy (non-hydrogen) atoms. The Balaban J connectivity index is 1.65. The van der Waals surface area contributed by atoms with Crippen molar-refractivity contribution in [3.8, 4) is 23.4 Å². The highest BCUT2D eigenvalue weighted by atomic mass is 16.5. The molecule has 0 saturated carbocycles. The molecule has 1 saturated heterocycles. The molecular formula is C22H25N5O4. The molecule has 4 rings (SSSR count). The number of hydrogen-bond donors (Lipinski definition) is 2. The van der Waals surface area contributed by atoms with Gasteiger partial charge in [-0.1, -0.05) is 6.07 Å². The molecule has 2 aliphatic heterocycles. The fourth-order valence-electron chi connectivity index (χ4n) is 4.02. The highest BCUT2D eigenvalue weighted by Gasteiger charge is 2.34. The first-order valence-electron chi connectivity index (χ1n) is 10.3. The Morgan fingerprint density at radius 3 is 2.84 bits per heavy atom.